The highest BCUT2D eigenvalue weighted by atomic mass is 19.1. The van der Waals surface area contributed by atoms with Gasteiger partial charge in [0.05, 0.1) is 5.56 Å². The average Bonchev–Trinajstić information content (AvgIpc) is 3.01. The summed E-state index contributed by atoms with van der Waals surface area (Å²) in [7, 11) is 0. The number of nitrogens with one attached hydrogen (secondary N) is 1. The van der Waals surface area contributed by atoms with Crippen LogP contribution in [0.25, 0.3) is 0 Å². The number of H-pyrrole nitrogens is 1. The van der Waals surface area contributed by atoms with Gasteiger partial charge in [-0.3, -0.25) is 9.89 Å². The number of hydrogen-bond donors (Lipinski definition) is 1. The highest BCUT2D eigenvalue weighted by Crippen LogP contribution is 2.26. The number of carbonyl (C=O) groups is 1. The van der Waals surface area contributed by atoms with Crippen LogP contribution in [0.5, 0.6) is 0 Å². The first-order valence-electron chi connectivity index (χ1n) is 6.89. The predicted molar refractivity (Wildman–Crippen MR) is 72.8 cm³/mol. The van der Waals surface area contributed by atoms with Gasteiger partial charge >= 0.3 is 0 Å². The Hall–Kier alpha value is -2.24. The third-order valence-electron chi connectivity index (χ3n) is 3.83. The Kier molecular flexibility index (Phi) is 3.68. The summed E-state index contributed by atoms with van der Waals surface area (Å²) in [5.41, 5.74) is 0.897. The molecule has 0 saturated carbocycles. The maximum atomic E-state index is 13.7. The van der Waals surface area contributed by atoms with Crippen molar-refractivity contribution in [2.24, 2.45) is 0 Å². The van der Waals surface area contributed by atoms with Crippen molar-refractivity contribution in [3.05, 3.63) is 53.4 Å². The van der Waals surface area contributed by atoms with Gasteiger partial charge in [-0.25, -0.2) is 8.78 Å². The lowest BCUT2D eigenvalue weighted by Gasteiger charge is -2.32. The number of aromatic amines is 1. The first kappa shape index (κ1) is 13.7. The molecule has 1 N–H and O–H groups in total. The fourth-order valence-corrected chi connectivity index (χ4v) is 2.74. The minimum absolute atomic E-state index is 0.0818. The molecule has 4 nitrogen and oxygen atoms in total. The zero-order chi connectivity index (χ0) is 14.8. The Morgan fingerprint density at radius 1 is 1.33 bits per heavy atom. The standard InChI is InChI=1S/C15H15F2N3O/c16-11-3-4-12(13(17)8-11)15(21)20-7-1-2-10(9-20)14-5-6-18-19-14/h3-6,8,10H,1-2,7,9H2,(H,18,19). The van der Waals surface area contributed by atoms with Crippen LogP contribution >= 0.6 is 0 Å². The molecule has 0 spiro atoms. The minimum Gasteiger partial charge on any atom is -0.338 e. The molecule has 1 aliphatic rings. The SMILES string of the molecule is O=C(c1ccc(F)cc1F)N1CCCC(c2ccn[nH]2)C1. The monoisotopic (exact) mass is 291 g/mol. The first-order chi connectivity index (χ1) is 10.1. The van der Waals surface area contributed by atoms with Gasteiger partial charge in [-0.1, -0.05) is 0 Å². The molecular weight excluding hydrogens is 276 g/mol. The lowest BCUT2D eigenvalue weighted by Crippen LogP contribution is -2.39. The van der Waals surface area contributed by atoms with Gasteiger partial charge < -0.3 is 4.90 Å². The molecule has 1 aliphatic heterocycles. The van der Waals surface area contributed by atoms with Crippen molar-refractivity contribution in [1.82, 2.24) is 15.1 Å². The minimum atomic E-state index is -0.816. The molecule has 2 heterocycles. The smallest absolute Gasteiger partial charge is 0.256 e. The van der Waals surface area contributed by atoms with Crippen molar-refractivity contribution in [2.45, 2.75) is 18.8 Å². The number of aromatic nitrogens is 2. The third kappa shape index (κ3) is 2.79. The lowest BCUT2D eigenvalue weighted by molar-refractivity contribution is 0.0701. The zero-order valence-electron chi connectivity index (χ0n) is 11.4. The van der Waals surface area contributed by atoms with Gasteiger partial charge in [0, 0.05) is 37.0 Å². The van der Waals surface area contributed by atoms with E-state index < -0.39 is 17.5 Å². The van der Waals surface area contributed by atoms with E-state index in [0.29, 0.717) is 13.1 Å². The molecule has 1 amide bonds. The van der Waals surface area contributed by atoms with Gasteiger partial charge in [-0.15, -0.1) is 0 Å². The fourth-order valence-electron chi connectivity index (χ4n) is 2.74. The third-order valence-corrected chi connectivity index (χ3v) is 3.83. The van der Waals surface area contributed by atoms with E-state index in [2.05, 4.69) is 10.2 Å². The molecule has 0 aliphatic carbocycles. The number of rotatable bonds is 2. The second-order valence-corrected chi connectivity index (χ2v) is 5.23. The highest BCUT2D eigenvalue weighted by molar-refractivity contribution is 5.94. The molecule has 1 atom stereocenters. The first-order valence-corrected chi connectivity index (χ1v) is 6.89. The van der Waals surface area contributed by atoms with E-state index in [9.17, 15) is 13.6 Å². The number of likely N-dealkylation sites (tertiary alicyclic amines) is 1. The average molecular weight is 291 g/mol. The summed E-state index contributed by atoms with van der Waals surface area (Å²) in [4.78, 5) is 14.0. The summed E-state index contributed by atoms with van der Waals surface area (Å²) in [6.07, 6.45) is 3.48. The number of hydrogen-bond acceptors (Lipinski definition) is 2. The van der Waals surface area contributed by atoms with Crippen LogP contribution < -0.4 is 0 Å². The van der Waals surface area contributed by atoms with Gasteiger partial charge in [0.15, 0.2) is 0 Å². The second kappa shape index (κ2) is 5.63. The predicted octanol–water partition coefficient (Wildman–Crippen LogP) is 2.71. The summed E-state index contributed by atoms with van der Waals surface area (Å²) in [5.74, 6) is -1.72. The van der Waals surface area contributed by atoms with Gasteiger partial charge in [0.25, 0.3) is 5.91 Å². The number of piperidine rings is 1. The number of carbonyl (C=O) groups excluding carboxylic acids is 1. The summed E-state index contributed by atoms with van der Waals surface area (Å²) in [6.45, 7) is 1.10. The van der Waals surface area contributed by atoms with Crippen molar-refractivity contribution in [1.29, 1.82) is 0 Å². The van der Waals surface area contributed by atoms with Crippen molar-refractivity contribution in [2.75, 3.05) is 13.1 Å². The normalized spacial score (nSPS) is 18.8. The summed E-state index contributed by atoms with van der Waals surface area (Å²) >= 11 is 0. The van der Waals surface area contributed by atoms with E-state index in [1.165, 1.54) is 6.07 Å². The van der Waals surface area contributed by atoms with E-state index in [0.717, 1.165) is 30.7 Å². The number of halogens is 2. The van der Waals surface area contributed by atoms with Gasteiger partial charge in [-0.05, 0) is 31.0 Å². The molecule has 21 heavy (non-hydrogen) atoms. The molecule has 0 bridgehead atoms. The van der Waals surface area contributed by atoms with E-state index >= 15 is 0 Å². The van der Waals surface area contributed by atoms with Crippen LogP contribution in [0.2, 0.25) is 0 Å². The fraction of sp³-hybridized carbons (Fsp3) is 0.333. The number of nitrogens with zero attached hydrogens (tertiary/aromatic N) is 2. The second-order valence-electron chi connectivity index (χ2n) is 5.23. The Morgan fingerprint density at radius 3 is 2.90 bits per heavy atom. The van der Waals surface area contributed by atoms with E-state index in [4.69, 9.17) is 0 Å². The maximum absolute atomic E-state index is 13.7. The number of amides is 1. The molecule has 110 valence electrons. The molecule has 2 aromatic rings. The van der Waals surface area contributed by atoms with Crippen LogP contribution in [-0.4, -0.2) is 34.1 Å². The van der Waals surface area contributed by atoms with Crippen molar-refractivity contribution in [3.8, 4) is 0 Å². The highest BCUT2D eigenvalue weighted by Gasteiger charge is 2.27. The molecular formula is C15H15F2N3O. The van der Waals surface area contributed by atoms with Gasteiger partial charge in [0.1, 0.15) is 11.6 Å². The maximum Gasteiger partial charge on any atom is 0.256 e. The van der Waals surface area contributed by atoms with Gasteiger partial charge in [0.2, 0.25) is 0 Å². The molecule has 0 radical (unpaired) electrons. The molecule has 1 unspecified atom stereocenters. The summed E-state index contributed by atoms with van der Waals surface area (Å²) in [6, 6.07) is 4.93. The van der Waals surface area contributed by atoms with E-state index in [-0.39, 0.29) is 11.5 Å². The van der Waals surface area contributed by atoms with Crippen LogP contribution in [0.3, 0.4) is 0 Å². The molecule has 6 heteroatoms. The Bertz CT molecular complexity index is 642. The summed E-state index contributed by atoms with van der Waals surface area (Å²) in [5, 5.41) is 6.83. The molecule has 3 rings (SSSR count). The molecule has 1 aromatic carbocycles. The Labute approximate surface area is 120 Å². The van der Waals surface area contributed by atoms with E-state index in [1.807, 2.05) is 6.07 Å². The largest absolute Gasteiger partial charge is 0.338 e. The lowest BCUT2D eigenvalue weighted by atomic mass is 9.94. The molecule has 1 fully saturated rings. The van der Waals surface area contributed by atoms with E-state index in [1.54, 1.807) is 11.1 Å². The Balaban J connectivity index is 1.78. The quantitative estimate of drug-likeness (QED) is 0.925. The van der Waals surface area contributed by atoms with Crippen molar-refractivity contribution < 1.29 is 13.6 Å². The molecule has 1 saturated heterocycles. The summed E-state index contributed by atoms with van der Waals surface area (Å²) < 4.78 is 26.6. The van der Waals surface area contributed by atoms with Crippen LogP contribution in [0.15, 0.2) is 30.5 Å². The van der Waals surface area contributed by atoms with Gasteiger partial charge in [-0.2, -0.15) is 5.10 Å². The van der Waals surface area contributed by atoms with Crippen LogP contribution in [0.4, 0.5) is 8.78 Å². The number of benzene rings is 1. The van der Waals surface area contributed by atoms with Crippen LogP contribution in [-0.2, 0) is 0 Å². The van der Waals surface area contributed by atoms with Crippen molar-refractivity contribution >= 4 is 5.91 Å². The van der Waals surface area contributed by atoms with Crippen molar-refractivity contribution in [3.63, 3.8) is 0 Å². The molecule has 1 aromatic heterocycles. The topological polar surface area (TPSA) is 49.0 Å². The Morgan fingerprint density at radius 2 is 2.19 bits per heavy atom. The zero-order valence-corrected chi connectivity index (χ0v) is 11.4. The van der Waals surface area contributed by atoms with Crippen LogP contribution in [0, 0.1) is 11.6 Å². The van der Waals surface area contributed by atoms with Crippen LogP contribution in [0.1, 0.15) is 34.8 Å².